The molecule has 45 heavy (non-hydrogen) atoms. The molecule has 1 saturated carbocycles. The number of aryl methyl sites for hydroxylation is 2. The molecule has 3 N–H and O–H groups in total. The van der Waals surface area contributed by atoms with Crippen LogP contribution in [0.3, 0.4) is 0 Å². The Labute approximate surface area is 275 Å². The zero-order valence-electron chi connectivity index (χ0n) is 27.4. The van der Waals surface area contributed by atoms with E-state index in [9.17, 15) is 14.0 Å². The summed E-state index contributed by atoms with van der Waals surface area (Å²) in [6.45, 7) is 16.3. The third-order valence-electron chi connectivity index (χ3n) is 6.41. The molecule has 10 nitrogen and oxygen atoms in total. The number of nitrogens with one attached hydrogen (secondary N) is 1. The Morgan fingerprint density at radius 3 is 2.42 bits per heavy atom. The second-order valence-electron chi connectivity index (χ2n) is 11.5. The summed E-state index contributed by atoms with van der Waals surface area (Å²) in [5, 5.41) is 3.07. The van der Waals surface area contributed by atoms with Gasteiger partial charge < -0.3 is 20.0 Å². The summed E-state index contributed by atoms with van der Waals surface area (Å²) in [5.41, 5.74) is 7.55. The quantitative estimate of drug-likeness (QED) is 0.128. The van der Waals surface area contributed by atoms with E-state index in [0.717, 1.165) is 35.0 Å². The van der Waals surface area contributed by atoms with E-state index >= 15 is 0 Å². The molecule has 1 aliphatic carbocycles. The molecular formula is C32H46ClFN6O4S. The van der Waals surface area contributed by atoms with Crippen molar-refractivity contribution in [3.05, 3.63) is 52.3 Å². The maximum atomic E-state index is 13.9. The fraction of sp³-hybridized carbons (Fsp3) is 0.500. The SMILES string of the molecule is CC.CC1CC1.Cc1cc(OSN2CCN(C(=O)OC(C)(C)C)C(C(N)=O)C2)c(C)cc1NC=NC=Nc1cccc(Cl)c1F. The summed E-state index contributed by atoms with van der Waals surface area (Å²) in [6.07, 6.45) is 5.06. The number of halogens is 2. The lowest BCUT2D eigenvalue weighted by atomic mass is 10.1. The van der Waals surface area contributed by atoms with E-state index in [1.54, 1.807) is 26.8 Å². The third-order valence-corrected chi connectivity index (χ3v) is 7.50. The number of benzene rings is 2. The number of nitrogens with two attached hydrogens (primary N) is 1. The monoisotopic (exact) mass is 664 g/mol. The lowest BCUT2D eigenvalue weighted by molar-refractivity contribution is -0.124. The smallest absolute Gasteiger partial charge is 0.411 e. The predicted octanol–water partition coefficient (Wildman–Crippen LogP) is 7.69. The molecule has 2 amide bonds. The lowest BCUT2D eigenvalue weighted by Gasteiger charge is -2.38. The van der Waals surface area contributed by atoms with Gasteiger partial charge in [0.2, 0.25) is 5.91 Å². The number of primary amides is 1. The highest BCUT2D eigenvalue weighted by molar-refractivity contribution is 7.92. The number of carbonyl (C=O) groups is 2. The van der Waals surface area contributed by atoms with Crippen molar-refractivity contribution >= 4 is 59.9 Å². The highest BCUT2D eigenvalue weighted by Crippen LogP contribution is 2.31. The van der Waals surface area contributed by atoms with Crippen LogP contribution in [0.4, 0.5) is 20.6 Å². The number of aliphatic imine (C=N–C) groups is 2. The van der Waals surface area contributed by atoms with Crippen LogP contribution < -0.4 is 15.2 Å². The van der Waals surface area contributed by atoms with Crippen LogP contribution in [0.25, 0.3) is 0 Å². The fourth-order valence-electron chi connectivity index (χ4n) is 3.73. The first-order chi connectivity index (χ1) is 21.2. The van der Waals surface area contributed by atoms with Gasteiger partial charge in [-0.15, -0.1) is 0 Å². The Bertz CT molecular complexity index is 1350. The highest BCUT2D eigenvalue weighted by Gasteiger charge is 2.37. The van der Waals surface area contributed by atoms with E-state index in [1.165, 1.54) is 42.6 Å². The van der Waals surface area contributed by atoms with Crippen molar-refractivity contribution in [3.63, 3.8) is 0 Å². The minimum atomic E-state index is -0.836. The van der Waals surface area contributed by atoms with E-state index in [2.05, 4.69) is 22.2 Å². The number of piperazine rings is 1. The fourth-order valence-corrected chi connectivity index (χ4v) is 4.62. The van der Waals surface area contributed by atoms with E-state index in [-0.39, 0.29) is 23.8 Å². The minimum Gasteiger partial charge on any atom is -0.444 e. The van der Waals surface area contributed by atoms with Gasteiger partial charge in [-0.25, -0.2) is 23.5 Å². The van der Waals surface area contributed by atoms with Gasteiger partial charge >= 0.3 is 6.09 Å². The van der Waals surface area contributed by atoms with E-state index in [4.69, 9.17) is 26.3 Å². The zero-order chi connectivity index (χ0) is 33.7. The Kier molecular flexibility index (Phi) is 15.1. The number of rotatable bonds is 8. The molecule has 1 unspecified atom stereocenters. The van der Waals surface area contributed by atoms with Gasteiger partial charge in [-0.1, -0.05) is 51.3 Å². The molecule has 1 aliphatic heterocycles. The average molecular weight is 665 g/mol. The first-order valence-electron chi connectivity index (χ1n) is 15.0. The topological polar surface area (TPSA) is 122 Å². The molecule has 0 bridgehead atoms. The zero-order valence-corrected chi connectivity index (χ0v) is 29.0. The van der Waals surface area contributed by atoms with Gasteiger partial charge in [0.1, 0.15) is 41.6 Å². The second-order valence-corrected chi connectivity index (χ2v) is 12.7. The number of hydrogen-bond acceptors (Lipinski definition) is 7. The Hall–Kier alpha value is -3.35. The Morgan fingerprint density at radius 1 is 1.16 bits per heavy atom. The van der Waals surface area contributed by atoms with Crippen LogP contribution in [0.1, 0.15) is 65.5 Å². The van der Waals surface area contributed by atoms with Gasteiger partial charge in [0, 0.05) is 25.3 Å². The van der Waals surface area contributed by atoms with Crippen LogP contribution in [-0.4, -0.2) is 65.2 Å². The molecule has 0 aromatic heterocycles. The van der Waals surface area contributed by atoms with Crippen LogP contribution in [-0.2, 0) is 9.53 Å². The molecule has 13 heteroatoms. The number of nitrogens with zero attached hydrogens (tertiary/aromatic N) is 4. The van der Waals surface area contributed by atoms with Gasteiger partial charge in [0.05, 0.1) is 11.4 Å². The van der Waals surface area contributed by atoms with Crippen molar-refractivity contribution in [2.45, 2.75) is 79.9 Å². The van der Waals surface area contributed by atoms with Crippen molar-refractivity contribution in [2.75, 3.05) is 25.0 Å². The van der Waals surface area contributed by atoms with Crippen molar-refractivity contribution in [1.82, 2.24) is 9.21 Å². The molecule has 4 rings (SSSR count). The van der Waals surface area contributed by atoms with Gasteiger partial charge in [-0.05, 0) is 75.9 Å². The molecule has 1 saturated heterocycles. The summed E-state index contributed by atoms with van der Waals surface area (Å²) in [4.78, 5) is 33.9. The second kappa shape index (κ2) is 18.0. The molecule has 1 heterocycles. The maximum Gasteiger partial charge on any atom is 0.411 e. The van der Waals surface area contributed by atoms with Crippen molar-refractivity contribution in [3.8, 4) is 5.75 Å². The number of carbonyl (C=O) groups excluding carboxylic acids is 2. The molecule has 2 aromatic rings. The standard InChI is InChI=1S/C26H32ClFN6O4S.C4H8.C2H6/c1-16-12-22(17(2)11-20(16)32-15-30-14-31-19-8-6-7-18(27)23(19)28)38-39-33-9-10-34(21(13-33)24(29)35)25(36)37-26(3,4)5;1-4-2-3-4;1-2/h6-8,11-12,14-15,21H,9-10,13H2,1-5H3,(H2,29,35)(H,30,31,32);4H,2-3H2,1H3;1-2H3. The number of amides is 2. The third kappa shape index (κ3) is 12.9. The van der Waals surface area contributed by atoms with Crippen LogP contribution in [0, 0.1) is 25.6 Å². The summed E-state index contributed by atoms with van der Waals surface area (Å²) >= 11 is 6.84. The molecule has 0 radical (unpaired) electrons. The van der Waals surface area contributed by atoms with Gasteiger partial charge in [0.15, 0.2) is 5.82 Å². The lowest BCUT2D eigenvalue weighted by Crippen LogP contribution is -2.59. The van der Waals surface area contributed by atoms with E-state index < -0.39 is 29.5 Å². The molecule has 2 fully saturated rings. The van der Waals surface area contributed by atoms with Crippen molar-refractivity contribution < 1.29 is 22.9 Å². The predicted molar refractivity (Wildman–Crippen MR) is 183 cm³/mol. The average Bonchev–Trinajstić information content (AvgIpc) is 3.78. The summed E-state index contributed by atoms with van der Waals surface area (Å²) < 4.78 is 27.1. The first-order valence-corrected chi connectivity index (χ1v) is 16.1. The minimum absolute atomic E-state index is 0.00549. The highest BCUT2D eigenvalue weighted by atomic mass is 35.5. The normalized spacial score (nSPS) is 16.8. The van der Waals surface area contributed by atoms with Crippen LogP contribution in [0.5, 0.6) is 5.75 Å². The molecule has 2 aliphatic rings. The first kappa shape index (κ1) is 37.8. The molecule has 0 spiro atoms. The van der Waals surface area contributed by atoms with Gasteiger partial charge in [0.25, 0.3) is 0 Å². The summed E-state index contributed by atoms with van der Waals surface area (Å²) in [5.74, 6) is 0.509. The molecule has 1 atom stereocenters. The van der Waals surface area contributed by atoms with E-state index in [0.29, 0.717) is 12.3 Å². The molecular weight excluding hydrogens is 619 g/mol. The van der Waals surface area contributed by atoms with E-state index in [1.807, 2.05) is 44.1 Å². The largest absolute Gasteiger partial charge is 0.444 e. The maximum absolute atomic E-state index is 13.9. The van der Waals surface area contributed by atoms with Crippen LogP contribution in [0.15, 0.2) is 40.3 Å². The van der Waals surface area contributed by atoms with Crippen LogP contribution >= 0.6 is 23.8 Å². The molecule has 248 valence electrons. The number of hydrogen-bond donors (Lipinski definition) is 2. The van der Waals surface area contributed by atoms with Crippen molar-refractivity contribution in [1.29, 1.82) is 0 Å². The summed E-state index contributed by atoms with van der Waals surface area (Å²) in [6, 6.07) is 7.49. The van der Waals surface area contributed by atoms with Crippen LogP contribution in [0.2, 0.25) is 5.02 Å². The summed E-state index contributed by atoms with van der Waals surface area (Å²) in [7, 11) is 0. The number of anilines is 1. The Morgan fingerprint density at radius 2 is 1.82 bits per heavy atom. The van der Waals surface area contributed by atoms with Gasteiger partial charge in [-0.2, -0.15) is 0 Å². The van der Waals surface area contributed by atoms with Crippen molar-refractivity contribution in [2.24, 2.45) is 21.6 Å². The Balaban J connectivity index is 0.00000107. The molecule has 2 aromatic carbocycles. The van der Waals surface area contributed by atoms with Gasteiger partial charge in [-0.3, -0.25) is 9.69 Å². The number of ether oxygens (including phenoxy) is 1.